The van der Waals surface area contributed by atoms with Gasteiger partial charge in [-0.1, -0.05) is 6.07 Å². The number of cyclic esters (lactones) is 1. The van der Waals surface area contributed by atoms with Crippen LogP contribution >= 0.6 is 0 Å². The predicted octanol–water partition coefficient (Wildman–Crippen LogP) is 2.48. The second-order valence-corrected chi connectivity index (χ2v) is 9.37. The summed E-state index contributed by atoms with van der Waals surface area (Å²) in [7, 11) is 0. The van der Waals surface area contributed by atoms with Gasteiger partial charge < -0.3 is 40.5 Å². The van der Waals surface area contributed by atoms with Crippen molar-refractivity contribution < 1.29 is 44.3 Å². The molecule has 2 aliphatic rings. The highest BCUT2D eigenvalue weighted by atomic mass is 16.6. The maximum absolute atomic E-state index is 13.1. The zero-order valence-electron chi connectivity index (χ0n) is 20.6. The number of ether oxygens (including phenoxy) is 2. The van der Waals surface area contributed by atoms with Crippen molar-refractivity contribution in [1.82, 2.24) is 10.6 Å². The maximum Gasteiger partial charge on any atom is 0.339 e. The summed E-state index contributed by atoms with van der Waals surface area (Å²) in [4.78, 5) is 38.1. The molecule has 6 N–H and O–H groups in total. The molecule has 3 atom stereocenters. The molecule has 2 heterocycles. The molecule has 39 heavy (non-hydrogen) atoms. The van der Waals surface area contributed by atoms with Crippen LogP contribution in [0.15, 0.2) is 54.6 Å². The van der Waals surface area contributed by atoms with Gasteiger partial charge in [-0.3, -0.25) is 4.79 Å². The van der Waals surface area contributed by atoms with Crippen molar-refractivity contribution >= 4 is 17.8 Å². The van der Waals surface area contributed by atoms with E-state index in [9.17, 15) is 34.8 Å². The van der Waals surface area contributed by atoms with E-state index in [2.05, 4.69) is 10.6 Å². The minimum atomic E-state index is -1.27. The summed E-state index contributed by atoms with van der Waals surface area (Å²) in [5.74, 6) is -3.25. The minimum absolute atomic E-state index is 0.0270. The van der Waals surface area contributed by atoms with Crippen LogP contribution in [-0.2, 0) is 9.47 Å². The number of fused-ring (bicyclic) bond motifs is 1. The van der Waals surface area contributed by atoms with Crippen LogP contribution in [0, 0.1) is 0 Å². The normalized spacial score (nSPS) is 20.4. The van der Waals surface area contributed by atoms with Gasteiger partial charge >= 0.3 is 11.9 Å². The summed E-state index contributed by atoms with van der Waals surface area (Å²) in [6.45, 7) is 0.998. The van der Waals surface area contributed by atoms with E-state index in [4.69, 9.17) is 9.47 Å². The molecule has 2 aliphatic heterocycles. The largest absolute Gasteiger partial charge is 0.508 e. The van der Waals surface area contributed by atoms with E-state index in [-0.39, 0.29) is 33.8 Å². The van der Waals surface area contributed by atoms with Crippen molar-refractivity contribution in [1.29, 1.82) is 0 Å². The van der Waals surface area contributed by atoms with E-state index in [0.717, 1.165) is 12.1 Å². The van der Waals surface area contributed by atoms with Crippen LogP contribution in [-0.4, -0.2) is 63.5 Å². The molecule has 5 rings (SSSR count). The lowest BCUT2D eigenvalue weighted by molar-refractivity contribution is 0.0190. The van der Waals surface area contributed by atoms with Gasteiger partial charge in [0.15, 0.2) is 6.10 Å². The number of phenolic OH excluding ortho intramolecular Hbond substituents is 4. The number of hydrogen-bond donors (Lipinski definition) is 6. The van der Waals surface area contributed by atoms with Crippen LogP contribution in [0.3, 0.4) is 0 Å². The smallest absolute Gasteiger partial charge is 0.339 e. The zero-order chi connectivity index (χ0) is 27.7. The molecule has 202 valence electrons. The van der Waals surface area contributed by atoms with Crippen molar-refractivity contribution in [3.05, 3.63) is 82.4 Å². The second-order valence-electron chi connectivity index (χ2n) is 9.37. The van der Waals surface area contributed by atoms with E-state index < -0.39 is 47.6 Å². The summed E-state index contributed by atoms with van der Waals surface area (Å²) >= 11 is 0. The number of rotatable bonds is 5. The molecule has 0 radical (unpaired) electrons. The first-order valence-corrected chi connectivity index (χ1v) is 12.3. The minimum Gasteiger partial charge on any atom is -0.508 e. The average Bonchev–Trinajstić information content (AvgIpc) is 3.08. The number of esters is 2. The Morgan fingerprint density at radius 1 is 0.923 bits per heavy atom. The first-order valence-electron chi connectivity index (χ1n) is 12.3. The molecular weight excluding hydrogens is 508 g/mol. The highest BCUT2D eigenvalue weighted by Gasteiger charge is 2.38. The van der Waals surface area contributed by atoms with Gasteiger partial charge in [0, 0.05) is 12.1 Å². The SMILES string of the molecule is O=C(N[C@@H]1CNCCC[C@H]1OC(=O)c1cc(O)c(C2OC(=O)c3cccc(O)c32)c(O)c1)c1ccc(O)cc1. The fraction of sp³-hybridized carbons (Fsp3) is 0.250. The van der Waals surface area contributed by atoms with Crippen LogP contribution in [0.5, 0.6) is 23.0 Å². The molecule has 0 aliphatic carbocycles. The molecule has 3 aromatic rings. The summed E-state index contributed by atoms with van der Waals surface area (Å²) in [5.41, 5.74) is 0.188. The average molecular weight is 535 g/mol. The summed E-state index contributed by atoms with van der Waals surface area (Å²) in [6, 6.07) is 11.6. The summed E-state index contributed by atoms with van der Waals surface area (Å²) in [6.07, 6.45) is -0.860. The molecule has 11 nitrogen and oxygen atoms in total. The lowest BCUT2D eigenvalue weighted by Gasteiger charge is -2.26. The monoisotopic (exact) mass is 534 g/mol. The molecular formula is C28H26N2O9. The van der Waals surface area contributed by atoms with Gasteiger partial charge in [-0.25, -0.2) is 9.59 Å². The Hall–Kier alpha value is -4.77. The highest BCUT2D eigenvalue weighted by Crippen LogP contribution is 2.47. The van der Waals surface area contributed by atoms with Crippen LogP contribution in [0.1, 0.15) is 61.1 Å². The number of carbonyl (C=O) groups is 3. The number of amides is 1. The molecule has 0 saturated carbocycles. The lowest BCUT2D eigenvalue weighted by atomic mass is 9.95. The van der Waals surface area contributed by atoms with Crippen molar-refractivity contribution in [2.24, 2.45) is 0 Å². The first-order chi connectivity index (χ1) is 18.7. The molecule has 1 amide bonds. The van der Waals surface area contributed by atoms with Crippen LogP contribution in [0.4, 0.5) is 0 Å². The van der Waals surface area contributed by atoms with Gasteiger partial charge in [-0.2, -0.15) is 0 Å². The number of carbonyl (C=O) groups excluding carboxylic acids is 3. The fourth-order valence-electron chi connectivity index (χ4n) is 4.82. The molecule has 1 saturated heterocycles. The van der Waals surface area contributed by atoms with Crippen LogP contribution in [0.25, 0.3) is 0 Å². The van der Waals surface area contributed by atoms with Crippen molar-refractivity contribution in [3.8, 4) is 23.0 Å². The Morgan fingerprint density at radius 3 is 2.36 bits per heavy atom. The van der Waals surface area contributed by atoms with Gasteiger partial charge in [-0.05, 0) is 67.9 Å². The zero-order valence-corrected chi connectivity index (χ0v) is 20.6. The van der Waals surface area contributed by atoms with Crippen molar-refractivity contribution in [3.63, 3.8) is 0 Å². The quantitative estimate of drug-likeness (QED) is 0.267. The molecule has 0 bridgehead atoms. The summed E-state index contributed by atoms with van der Waals surface area (Å²) in [5, 5.41) is 47.2. The number of hydrogen-bond acceptors (Lipinski definition) is 10. The van der Waals surface area contributed by atoms with Crippen molar-refractivity contribution in [2.75, 3.05) is 13.1 Å². The standard InChI is InChI=1S/C28H26N2O9/c31-16-8-6-14(7-9-16)26(35)30-18-13-29-10-2-5-22(18)38-27(36)15-11-20(33)24(21(34)12-15)25-23-17(28(37)39-25)3-1-4-19(23)32/h1,3-4,6-9,11-12,18,22,25,29,31-34H,2,5,10,13H2,(H,30,35)/t18-,22-,25?/m1/s1. The number of phenols is 4. The Bertz CT molecular complexity index is 1410. The van der Waals surface area contributed by atoms with Gasteiger partial charge in [-0.15, -0.1) is 0 Å². The summed E-state index contributed by atoms with van der Waals surface area (Å²) < 4.78 is 11.0. The Morgan fingerprint density at radius 2 is 1.64 bits per heavy atom. The number of benzene rings is 3. The van der Waals surface area contributed by atoms with Gasteiger partial charge in [0.1, 0.15) is 29.1 Å². The van der Waals surface area contributed by atoms with E-state index in [0.29, 0.717) is 31.5 Å². The third-order valence-corrected chi connectivity index (χ3v) is 6.78. The van der Waals surface area contributed by atoms with Gasteiger partial charge in [0.25, 0.3) is 5.91 Å². The third-order valence-electron chi connectivity index (χ3n) is 6.78. The number of nitrogens with one attached hydrogen (secondary N) is 2. The topological polar surface area (TPSA) is 175 Å². The third kappa shape index (κ3) is 5.16. The van der Waals surface area contributed by atoms with Gasteiger partial charge in [0.2, 0.25) is 0 Å². The van der Waals surface area contributed by atoms with Crippen LogP contribution < -0.4 is 10.6 Å². The molecule has 0 aromatic heterocycles. The molecule has 0 spiro atoms. The van der Waals surface area contributed by atoms with Crippen LogP contribution in [0.2, 0.25) is 0 Å². The predicted molar refractivity (Wildman–Crippen MR) is 136 cm³/mol. The number of aromatic hydroxyl groups is 4. The Balaban J connectivity index is 1.35. The maximum atomic E-state index is 13.1. The highest BCUT2D eigenvalue weighted by molar-refractivity contribution is 5.96. The molecule has 1 fully saturated rings. The van der Waals surface area contributed by atoms with E-state index in [1.807, 2.05) is 0 Å². The lowest BCUT2D eigenvalue weighted by Crippen LogP contribution is -2.49. The van der Waals surface area contributed by atoms with E-state index in [1.165, 1.54) is 42.5 Å². The van der Waals surface area contributed by atoms with Crippen molar-refractivity contribution in [2.45, 2.75) is 31.1 Å². The molecule has 3 aromatic carbocycles. The Labute approximate surface area is 222 Å². The fourth-order valence-corrected chi connectivity index (χ4v) is 4.82. The van der Waals surface area contributed by atoms with Gasteiger partial charge in [0.05, 0.1) is 28.3 Å². The van der Waals surface area contributed by atoms with E-state index >= 15 is 0 Å². The van der Waals surface area contributed by atoms with E-state index in [1.54, 1.807) is 0 Å². The second kappa shape index (κ2) is 10.5. The molecule has 1 unspecified atom stereocenters. The first kappa shape index (κ1) is 25.9. The molecule has 11 heteroatoms. The Kier molecular flexibility index (Phi) is 6.99.